The molecule has 22 heavy (non-hydrogen) atoms. The molecule has 0 saturated carbocycles. The molecule has 1 rings (SSSR count). The maximum absolute atomic E-state index is 10.7. The molecule has 2 N–H and O–H groups in total. The van der Waals surface area contributed by atoms with Crippen LogP contribution in [0.25, 0.3) is 12.2 Å². The molecule has 1 aromatic rings. The summed E-state index contributed by atoms with van der Waals surface area (Å²) in [6, 6.07) is 0. The number of nitrogens with one attached hydrogen (secondary N) is 1. The van der Waals surface area contributed by atoms with E-state index in [0.717, 1.165) is 17.1 Å². The third-order valence-corrected chi connectivity index (χ3v) is 3.66. The zero-order chi connectivity index (χ0) is 16.5. The number of halogens is 1. The van der Waals surface area contributed by atoms with E-state index in [1.54, 1.807) is 0 Å². The first kappa shape index (κ1) is 18.2. The minimum absolute atomic E-state index is 0.0502. The van der Waals surface area contributed by atoms with E-state index in [4.69, 9.17) is 16.7 Å². The highest BCUT2D eigenvalue weighted by Gasteiger charge is 2.10. The zero-order valence-corrected chi connectivity index (χ0v) is 13.6. The molecule has 0 bridgehead atoms. The number of aromatic amines is 1. The van der Waals surface area contributed by atoms with Crippen molar-refractivity contribution in [1.29, 1.82) is 0 Å². The summed E-state index contributed by atoms with van der Waals surface area (Å²) < 4.78 is 0. The summed E-state index contributed by atoms with van der Waals surface area (Å²) in [6.45, 7) is 9.75. The average molecular weight is 323 g/mol. The van der Waals surface area contributed by atoms with Crippen LogP contribution in [0.15, 0.2) is 25.3 Å². The molecular formula is C17H23ClN2O2. The molecule has 5 heteroatoms. The van der Waals surface area contributed by atoms with Crippen molar-refractivity contribution in [2.24, 2.45) is 11.8 Å². The van der Waals surface area contributed by atoms with Crippen molar-refractivity contribution in [3.05, 3.63) is 41.8 Å². The standard InChI is InChI=1S/C17H23ClN2O2/c1-4-6-13(5-2)12(3)11-15-14(9-10-18)19-16(20-15)7-8-17(21)22/h4-5,9,11-13H,1-2,6-8,10H2,3H3,(H,19,20)(H,21,22)/b14-9+,15-11+. The maximum Gasteiger partial charge on any atom is 0.303 e. The number of carboxylic acid groups (broad SMARTS) is 1. The Kier molecular flexibility index (Phi) is 7.67. The van der Waals surface area contributed by atoms with Gasteiger partial charge in [-0.05, 0) is 24.3 Å². The number of allylic oxidation sites excluding steroid dienone is 2. The smallest absolute Gasteiger partial charge is 0.303 e. The summed E-state index contributed by atoms with van der Waals surface area (Å²) in [5.74, 6) is 0.737. The van der Waals surface area contributed by atoms with Crippen molar-refractivity contribution in [3.8, 4) is 0 Å². The van der Waals surface area contributed by atoms with Gasteiger partial charge in [-0.1, -0.05) is 25.2 Å². The number of aryl methyl sites for hydroxylation is 1. The second-order valence-corrected chi connectivity index (χ2v) is 5.49. The van der Waals surface area contributed by atoms with Crippen molar-refractivity contribution in [1.82, 2.24) is 9.97 Å². The van der Waals surface area contributed by atoms with Gasteiger partial charge in [0.1, 0.15) is 5.82 Å². The van der Waals surface area contributed by atoms with Gasteiger partial charge in [0.25, 0.3) is 0 Å². The molecule has 0 aliphatic rings. The monoisotopic (exact) mass is 322 g/mol. The average Bonchev–Trinajstić information content (AvgIpc) is 2.85. The fourth-order valence-corrected chi connectivity index (χ4v) is 2.40. The lowest BCUT2D eigenvalue weighted by Crippen LogP contribution is -2.26. The van der Waals surface area contributed by atoms with Crippen LogP contribution in [-0.2, 0) is 11.2 Å². The number of nitrogens with zero attached hydrogens (tertiary/aromatic N) is 1. The molecule has 1 heterocycles. The number of aromatic nitrogens is 2. The summed E-state index contributed by atoms with van der Waals surface area (Å²) in [5.41, 5.74) is 0. The second-order valence-electron chi connectivity index (χ2n) is 5.18. The number of aliphatic carboxylic acids is 1. The summed E-state index contributed by atoms with van der Waals surface area (Å²) in [7, 11) is 0. The van der Waals surface area contributed by atoms with E-state index in [9.17, 15) is 4.79 Å². The minimum Gasteiger partial charge on any atom is -0.481 e. The lowest BCUT2D eigenvalue weighted by atomic mass is 9.91. The largest absolute Gasteiger partial charge is 0.481 e. The number of carbonyl (C=O) groups is 1. The lowest BCUT2D eigenvalue weighted by Gasteiger charge is -2.14. The van der Waals surface area contributed by atoms with Gasteiger partial charge in [-0.25, -0.2) is 4.98 Å². The van der Waals surface area contributed by atoms with E-state index in [-0.39, 0.29) is 12.3 Å². The highest BCUT2D eigenvalue weighted by atomic mass is 35.5. The maximum atomic E-state index is 10.7. The molecule has 120 valence electrons. The predicted molar refractivity (Wildman–Crippen MR) is 91.1 cm³/mol. The van der Waals surface area contributed by atoms with Gasteiger partial charge in [-0.2, -0.15) is 0 Å². The fraction of sp³-hybridized carbons (Fsp3) is 0.412. The highest BCUT2D eigenvalue weighted by Crippen LogP contribution is 2.18. The van der Waals surface area contributed by atoms with Crippen LogP contribution in [0.1, 0.15) is 25.6 Å². The van der Waals surface area contributed by atoms with E-state index in [0.29, 0.717) is 24.0 Å². The van der Waals surface area contributed by atoms with Crippen LogP contribution in [-0.4, -0.2) is 26.9 Å². The van der Waals surface area contributed by atoms with E-state index in [1.807, 2.05) is 18.2 Å². The molecule has 0 aromatic carbocycles. The van der Waals surface area contributed by atoms with Gasteiger partial charge in [0, 0.05) is 12.3 Å². The van der Waals surface area contributed by atoms with Gasteiger partial charge in [0.05, 0.1) is 17.1 Å². The lowest BCUT2D eigenvalue weighted by molar-refractivity contribution is -0.137. The summed E-state index contributed by atoms with van der Waals surface area (Å²) >= 11 is 5.77. The molecule has 4 nitrogen and oxygen atoms in total. The van der Waals surface area contributed by atoms with Gasteiger partial charge in [0.2, 0.25) is 0 Å². The molecule has 0 amide bonds. The zero-order valence-electron chi connectivity index (χ0n) is 12.9. The van der Waals surface area contributed by atoms with Gasteiger partial charge in [-0.3, -0.25) is 4.79 Å². The van der Waals surface area contributed by atoms with E-state index < -0.39 is 5.97 Å². The molecular weight excluding hydrogens is 300 g/mol. The molecule has 1 aromatic heterocycles. The molecule has 0 spiro atoms. The summed E-state index contributed by atoms with van der Waals surface area (Å²) in [5, 5.41) is 10.4. The number of carboxylic acids is 1. The Morgan fingerprint density at radius 2 is 2.23 bits per heavy atom. The highest BCUT2D eigenvalue weighted by molar-refractivity contribution is 6.20. The molecule has 0 saturated heterocycles. The number of alkyl halides is 1. The van der Waals surface area contributed by atoms with E-state index in [2.05, 4.69) is 36.1 Å². The van der Waals surface area contributed by atoms with Gasteiger partial charge in [-0.15, -0.1) is 24.8 Å². The van der Waals surface area contributed by atoms with Gasteiger partial charge < -0.3 is 10.1 Å². The number of hydrogen-bond donors (Lipinski definition) is 2. The number of H-pyrrole nitrogens is 1. The van der Waals surface area contributed by atoms with Crippen molar-refractivity contribution in [2.75, 3.05) is 5.88 Å². The Bertz CT molecular complexity index is 634. The second kappa shape index (κ2) is 9.26. The van der Waals surface area contributed by atoms with Crippen LogP contribution in [0.3, 0.4) is 0 Å². The SMILES string of the molecule is C=CCC(C=C)C(C)/C=c1/[nH]c(CCC(=O)O)n/c1=C/CCl. The van der Waals surface area contributed by atoms with Crippen LogP contribution in [0.5, 0.6) is 0 Å². The third kappa shape index (κ3) is 5.53. The number of rotatable bonds is 9. The minimum atomic E-state index is -0.837. The topological polar surface area (TPSA) is 66.0 Å². The van der Waals surface area contributed by atoms with Crippen LogP contribution in [0, 0.1) is 11.8 Å². The quantitative estimate of drug-likeness (QED) is 0.541. The van der Waals surface area contributed by atoms with Gasteiger partial charge in [0.15, 0.2) is 0 Å². The van der Waals surface area contributed by atoms with Crippen LogP contribution >= 0.6 is 11.6 Å². The Balaban J connectivity index is 3.12. The Labute approximate surface area is 135 Å². The molecule has 2 unspecified atom stereocenters. The van der Waals surface area contributed by atoms with Gasteiger partial charge >= 0.3 is 5.97 Å². The van der Waals surface area contributed by atoms with Crippen molar-refractivity contribution < 1.29 is 9.90 Å². The fourth-order valence-electron chi connectivity index (χ4n) is 2.26. The molecule has 0 aliphatic carbocycles. The van der Waals surface area contributed by atoms with E-state index in [1.165, 1.54) is 0 Å². The van der Waals surface area contributed by atoms with Crippen LogP contribution in [0.2, 0.25) is 0 Å². The molecule has 0 fully saturated rings. The summed E-state index contributed by atoms with van der Waals surface area (Å²) in [6.07, 6.45) is 8.99. The molecule has 2 atom stereocenters. The van der Waals surface area contributed by atoms with Crippen molar-refractivity contribution in [2.45, 2.75) is 26.2 Å². The summed E-state index contributed by atoms with van der Waals surface area (Å²) in [4.78, 5) is 18.3. The first-order valence-corrected chi connectivity index (χ1v) is 7.83. The number of imidazole rings is 1. The van der Waals surface area contributed by atoms with Crippen LogP contribution in [0.4, 0.5) is 0 Å². The molecule has 0 aliphatic heterocycles. The number of hydrogen-bond acceptors (Lipinski definition) is 2. The Morgan fingerprint density at radius 1 is 1.50 bits per heavy atom. The normalized spacial score (nSPS) is 15.5. The Morgan fingerprint density at radius 3 is 2.77 bits per heavy atom. The third-order valence-electron chi connectivity index (χ3n) is 3.50. The predicted octanol–water partition coefficient (Wildman–Crippen LogP) is 2.24. The van der Waals surface area contributed by atoms with E-state index >= 15 is 0 Å². The Hall–Kier alpha value is -1.81. The van der Waals surface area contributed by atoms with Crippen molar-refractivity contribution >= 4 is 29.7 Å². The first-order chi connectivity index (χ1) is 10.5. The first-order valence-electron chi connectivity index (χ1n) is 7.30. The van der Waals surface area contributed by atoms with Crippen LogP contribution < -0.4 is 10.7 Å². The molecule has 0 radical (unpaired) electrons. The van der Waals surface area contributed by atoms with Crippen molar-refractivity contribution in [3.63, 3.8) is 0 Å².